The summed E-state index contributed by atoms with van der Waals surface area (Å²) >= 11 is 6.34. The molecule has 0 bridgehead atoms. The highest BCUT2D eigenvalue weighted by molar-refractivity contribution is 6.30. The van der Waals surface area contributed by atoms with E-state index in [1.165, 1.54) is 5.57 Å². The quantitative estimate of drug-likeness (QED) is 0.468. The van der Waals surface area contributed by atoms with Crippen LogP contribution in [0.5, 0.6) is 5.75 Å². The lowest BCUT2D eigenvalue weighted by Crippen LogP contribution is -2.38. The third-order valence-electron chi connectivity index (χ3n) is 6.92. The second-order valence-electron chi connectivity index (χ2n) is 9.07. The number of carbonyl (C=O) groups is 1. The van der Waals surface area contributed by atoms with Crippen LogP contribution < -0.4 is 10.6 Å². The molecular formula is C28H25ClN4O2. The van der Waals surface area contributed by atoms with Crippen molar-refractivity contribution >= 4 is 40.2 Å². The van der Waals surface area contributed by atoms with Crippen LogP contribution in [0.2, 0.25) is 5.02 Å². The fraction of sp³-hybridized carbons (Fsp3) is 0.214. The fourth-order valence-electron chi connectivity index (χ4n) is 5.15. The van der Waals surface area contributed by atoms with E-state index < -0.39 is 6.04 Å². The summed E-state index contributed by atoms with van der Waals surface area (Å²) in [4.78, 5) is 20.5. The molecule has 0 radical (unpaired) electrons. The van der Waals surface area contributed by atoms with Gasteiger partial charge < -0.3 is 20.6 Å². The second-order valence-corrected chi connectivity index (χ2v) is 9.50. The van der Waals surface area contributed by atoms with Gasteiger partial charge in [0.05, 0.1) is 23.6 Å². The molecule has 3 heterocycles. The zero-order chi connectivity index (χ0) is 23.9. The summed E-state index contributed by atoms with van der Waals surface area (Å²) in [5.74, 6) is 0.0209. The Balaban J connectivity index is 1.43. The third kappa shape index (κ3) is 3.99. The van der Waals surface area contributed by atoms with Crippen LogP contribution in [0.15, 0.2) is 71.7 Å². The molecule has 0 spiro atoms. The average molecular weight is 485 g/mol. The molecule has 3 N–H and O–H groups in total. The molecule has 3 aliphatic heterocycles. The molecule has 1 atom stereocenters. The highest BCUT2D eigenvalue weighted by atomic mass is 35.5. The van der Waals surface area contributed by atoms with Crippen LogP contribution in [0, 0.1) is 0 Å². The minimum absolute atomic E-state index is 0.0673. The van der Waals surface area contributed by atoms with Crippen LogP contribution in [-0.4, -0.2) is 41.3 Å². The number of hydrogen-bond donors (Lipinski definition) is 3. The van der Waals surface area contributed by atoms with Crippen molar-refractivity contribution in [3.05, 3.63) is 94.0 Å². The van der Waals surface area contributed by atoms with E-state index in [1.54, 1.807) is 23.1 Å². The Hall–Kier alpha value is -3.61. The lowest BCUT2D eigenvalue weighted by Gasteiger charge is -2.32. The van der Waals surface area contributed by atoms with Crippen LogP contribution in [0.4, 0.5) is 11.4 Å². The number of phenols is 1. The average Bonchev–Trinajstić information content (AvgIpc) is 3.22. The van der Waals surface area contributed by atoms with Gasteiger partial charge in [-0.05, 0) is 66.1 Å². The minimum Gasteiger partial charge on any atom is -0.508 e. The number of amides is 1. The topological polar surface area (TPSA) is 77.0 Å². The Labute approximate surface area is 209 Å². The monoisotopic (exact) mass is 484 g/mol. The number of aliphatic imine (C=N–C) groups is 1. The highest BCUT2D eigenvalue weighted by Crippen LogP contribution is 2.40. The number of hydrogen-bond acceptors (Lipinski definition) is 5. The molecule has 0 saturated heterocycles. The molecule has 3 aromatic carbocycles. The van der Waals surface area contributed by atoms with E-state index >= 15 is 0 Å². The first-order valence-electron chi connectivity index (χ1n) is 11.8. The second kappa shape index (κ2) is 8.87. The number of fused-ring (bicyclic) bond motifs is 2. The van der Waals surface area contributed by atoms with Gasteiger partial charge in [0.25, 0.3) is 5.91 Å². The Bertz CT molecular complexity index is 1400. The summed E-state index contributed by atoms with van der Waals surface area (Å²) in [6.45, 7) is 2.68. The summed E-state index contributed by atoms with van der Waals surface area (Å²) in [7, 11) is 0. The smallest absolute Gasteiger partial charge is 0.255 e. The van der Waals surface area contributed by atoms with Gasteiger partial charge >= 0.3 is 0 Å². The maximum atomic E-state index is 13.8. The number of benzene rings is 3. The fourth-order valence-corrected chi connectivity index (χ4v) is 5.33. The number of carbonyl (C=O) groups excluding carboxylic acids is 1. The number of aromatic hydroxyl groups is 1. The Morgan fingerprint density at radius 3 is 2.83 bits per heavy atom. The molecular weight excluding hydrogens is 460 g/mol. The number of nitrogens with one attached hydrogen (secondary N) is 2. The summed E-state index contributed by atoms with van der Waals surface area (Å²) in [5, 5.41) is 18.1. The van der Waals surface area contributed by atoms with Crippen molar-refractivity contribution in [2.75, 3.05) is 25.0 Å². The minimum atomic E-state index is -0.559. The molecule has 176 valence electrons. The van der Waals surface area contributed by atoms with E-state index in [0.29, 0.717) is 29.2 Å². The first kappa shape index (κ1) is 21.9. The van der Waals surface area contributed by atoms with Gasteiger partial charge in [-0.2, -0.15) is 0 Å². The molecule has 7 heteroatoms. The third-order valence-corrected chi connectivity index (χ3v) is 7.15. The number of nitrogens with zero attached hydrogens (tertiary/aromatic N) is 2. The predicted molar refractivity (Wildman–Crippen MR) is 140 cm³/mol. The van der Waals surface area contributed by atoms with Crippen molar-refractivity contribution in [3.8, 4) is 5.75 Å². The van der Waals surface area contributed by atoms with Crippen molar-refractivity contribution in [1.82, 2.24) is 10.2 Å². The van der Waals surface area contributed by atoms with Gasteiger partial charge in [0, 0.05) is 29.2 Å². The summed E-state index contributed by atoms with van der Waals surface area (Å²) in [5.41, 5.74) is 7.12. The summed E-state index contributed by atoms with van der Waals surface area (Å²) in [6.07, 6.45) is 3.13. The van der Waals surface area contributed by atoms with Crippen molar-refractivity contribution < 1.29 is 9.90 Å². The van der Waals surface area contributed by atoms with E-state index in [-0.39, 0.29) is 11.7 Å². The molecule has 3 aliphatic rings. The molecule has 0 saturated carbocycles. The van der Waals surface area contributed by atoms with Crippen LogP contribution in [0.25, 0.3) is 5.57 Å². The van der Waals surface area contributed by atoms with Gasteiger partial charge in [-0.1, -0.05) is 41.9 Å². The first-order chi connectivity index (χ1) is 17.1. The van der Waals surface area contributed by atoms with Gasteiger partial charge in [-0.25, -0.2) is 0 Å². The van der Waals surface area contributed by atoms with E-state index in [1.807, 2.05) is 30.3 Å². The molecule has 0 aliphatic carbocycles. The van der Waals surface area contributed by atoms with Crippen LogP contribution in [-0.2, 0) is 6.54 Å². The van der Waals surface area contributed by atoms with E-state index in [4.69, 9.17) is 16.6 Å². The van der Waals surface area contributed by atoms with Gasteiger partial charge in [0.1, 0.15) is 11.8 Å². The molecule has 1 amide bonds. The molecule has 3 aromatic rings. The van der Waals surface area contributed by atoms with E-state index in [0.717, 1.165) is 47.7 Å². The zero-order valence-electron chi connectivity index (χ0n) is 19.1. The lowest BCUT2D eigenvalue weighted by molar-refractivity contribution is 0.0746. The van der Waals surface area contributed by atoms with E-state index in [9.17, 15) is 9.90 Å². The van der Waals surface area contributed by atoms with E-state index in [2.05, 4.69) is 28.8 Å². The molecule has 1 unspecified atom stereocenters. The van der Waals surface area contributed by atoms with Gasteiger partial charge in [-0.15, -0.1) is 0 Å². The SMILES string of the molecule is O=C1c2cc(C3=CCNCC3)ccc2CN1C(C1=Nc2ccccc2NC1)c1cc(Cl)ccc1O. The van der Waals surface area contributed by atoms with Crippen molar-refractivity contribution in [2.45, 2.75) is 19.0 Å². The van der Waals surface area contributed by atoms with Crippen LogP contribution in [0.1, 0.15) is 39.5 Å². The van der Waals surface area contributed by atoms with Crippen LogP contribution >= 0.6 is 11.6 Å². The lowest BCUT2D eigenvalue weighted by atomic mass is 9.96. The zero-order valence-corrected chi connectivity index (χ0v) is 19.8. The largest absolute Gasteiger partial charge is 0.508 e. The Morgan fingerprint density at radius 2 is 1.97 bits per heavy atom. The Kier molecular flexibility index (Phi) is 5.55. The van der Waals surface area contributed by atoms with Crippen molar-refractivity contribution in [1.29, 1.82) is 0 Å². The maximum absolute atomic E-state index is 13.8. The Morgan fingerprint density at radius 1 is 1.09 bits per heavy atom. The molecule has 35 heavy (non-hydrogen) atoms. The molecule has 0 aromatic heterocycles. The van der Waals surface area contributed by atoms with Crippen LogP contribution in [0.3, 0.4) is 0 Å². The van der Waals surface area contributed by atoms with Crippen molar-refractivity contribution in [3.63, 3.8) is 0 Å². The highest BCUT2D eigenvalue weighted by Gasteiger charge is 2.38. The van der Waals surface area contributed by atoms with Gasteiger partial charge in [0.2, 0.25) is 0 Å². The number of rotatable bonds is 4. The number of halogens is 1. The van der Waals surface area contributed by atoms with Gasteiger partial charge in [0.15, 0.2) is 0 Å². The van der Waals surface area contributed by atoms with Crippen molar-refractivity contribution in [2.24, 2.45) is 4.99 Å². The number of anilines is 1. The molecule has 6 nitrogen and oxygen atoms in total. The summed E-state index contributed by atoms with van der Waals surface area (Å²) in [6, 6.07) is 18.4. The molecule has 6 rings (SSSR count). The number of phenolic OH excluding ortho intramolecular Hbond substituents is 1. The maximum Gasteiger partial charge on any atom is 0.255 e. The number of para-hydroxylation sites is 2. The first-order valence-corrected chi connectivity index (χ1v) is 12.2. The predicted octanol–water partition coefficient (Wildman–Crippen LogP) is 5.32. The normalized spacial score (nSPS) is 17.7. The van der Waals surface area contributed by atoms with Gasteiger partial charge in [-0.3, -0.25) is 9.79 Å². The summed E-state index contributed by atoms with van der Waals surface area (Å²) < 4.78 is 0. The standard InChI is InChI=1S/C28H25ClN4O2/c29-20-7-8-26(34)22(14-20)27(25-15-31-23-3-1-2-4-24(23)32-25)33-16-19-6-5-18(13-21(19)28(33)35)17-9-11-30-12-10-17/h1-9,13-14,27,30-31,34H,10-12,15-16H2. The molecule has 0 fully saturated rings.